The summed E-state index contributed by atoms with van der Waals surface area (Å²) >= 11 is 0. The number of sulfonamides is 1. The summed E-state index contributed by atoms with van der Waals surface area (Å²) in [7, 11) is -1.70. The lowest BCUT2D eigenvalue weighted by Gasteiger charge is -2.21. The summed E-state index contributed by atoms with van der Waals surface area (Å²) in [5, 5.41) is 2.92. The Labute approximate surface area is 160 Å². The molecule has 0 unspecified atom stereocenters. The molecule has 1 amide bonds. The molecule has 7 heteroatoms. The molecule has 1 aliphatic rings. The van der Waals surface area contributed by atoms with Crippen molar-refractivity contribution in [2.75, 3.05) is 24.2 Å². The van der Waals surface area contributed by atoms with Crippen molar-refractivity contribution in [2.45, 2.75) is 25.8 Å². The van der Waals surface area contributed by atoms with E-state index in [1.54, 1.807) is 25.3 Å². The number of fused-ring (bicyclic) bond motifs is 1. The first-order valence-corrected chi connectivity index (χ1v) is 10.7. The average Bonchev–Trinajstić information content (AvgIpc) is 2.97. The van der Waals surface area contributed by atoms with Crippen LogP contribution in [0.4, 0.5) is 5.69 Å². The highest BCUT2D eigenvalue weighted by atomic mass is 32.2. The van der Waals surface area contributed by atoms with Crippen LogP contribution in [-0.2, 0) is 22.9 Å². The molecule has 1 atom stereocenters. The lowest BCUT2D eigenvalue weighted by molar-refractivity contribution is 0.0954. The number of nitrogens with zero attached hydrogens (tertiary/aromatic N) is 1. The maximum Gasteiger partial charge on any atom is 0.251 e. The van der Waals surface area contributed by atoms with Crippen LogP contribution in [0.2, 0.25) is 0 Å². The van der Waals surface area contributed by atoms with Gasteiger partial charge in [0.1, 0.15) is 5.75 Å². The molecule has 0 saturated heterocycles. The lowest BCUT2D eigenvalue weighted by atomic mass is 10.1. The predicted molar refractivity (Wildman–Crippen MR) is 106 cm³/mol. The summed E-state index contributed by atoms with van der Waals surface area (Å²) in [6.45, 7) is 2.39. The van der Waals surface area contributed by atoms with Crippen molar-refractivity contribution in [1.82, 2.24) is 5.32 Å². The van der Waals surface area contributed by atoms with Gasteiger partial charge in [-0.2, -0.15) is 0 Å². The van der Waals surface area contributed by atoms with Crippen molar-refractivity contribution >= 4 is 21.6 Å². The smallest absolute Gasteiger partial charge is 0.251 e. The molecule has 144 valence electrons. The Morgan fingerprint density at radius 3 is 2.56 bits per heavy atom. The van der Waals surface area contributed by atoms with E-state index in [2.05, 4.69) is 5.32 Å². The first kappa shape index (κ1) is 19.2. The van der Waals surface area contributed by atoms with E-state index in [1.807, 2.05) is 31.2 Å². The molecule has 1 N–H and O–H groups in total. The average molecular weight is 388 g/mol. The van der Waals surface area contributed by atoms with Gasteiger partial charge in [-0.05, 0) is 61.2 Å². The number of hydrogen-bond acceptors (Lipinski definition) is 4. The molecular weight excluding hydrogens is 364 g/mol. The number of rotatable bonds is 6. The highest BCUT2D eigenvalue weighted by Gasteiger charge is 2.32. The second-order valence-corrected chi connectivity index (χ2v) is 8.67. The lowest BCUT2D eigenvalue weighted by Crippen LogP contribution is -2.34. The molecule has 6 nitrogen and oxygen atoms in total. The number of carbonyl (C=O) groups excluding carboxylic acids is 1. The van der Waals surface area contributed by atoms with Gasteiger partial charge in [-0.25, -0.2) is 8.42 Å². The zero-order valence-electron chi connectivity index (χ0n) is 15.7. The molecule has 1 heterocycles. The minimum absolute atomic E-state index is 0.136. The largest absolute Gasteiger partial charge is 0.497 e. The molecule has 3 rings (SSSR count). The van der Waals surface area contributed by atoms with Crippen molar-refractivity contribution in [3.8, 4) is 5.75 Å². The van der Waals surface area contributed by atoms with Crippen LogP contribution in [0, 0.1) is 0 Å². The molecule has 27 heavy (non-hydrogen) atoms. The van der Waals surface area contributed by atoms with Gasteiger partial charge in [0.15, 0.2) is 0 Å². The van der Waals surface area contributed by atoms with Crippen LogP contribution in [0.1, 0.15) is 28.4 Å². The molecule has 1 aliphatic heterocycles. The fourth-order valence-corrected chi connectivity index (χ4v) is 4.73. The Balaban J connectivity index is 1.63. The van der Waals surface area contributed by atoms with Crippen molar-refractivity contribution < 1.29 is 17.9 Å². The topological polar surface area (TPSA) is 75.7 Å². The summed E-state index contributed by atoms with van der Waals surface area (Å²) < 4.78 is 30.5. The summed E-state index contributed by atoms with van der Waals surface area (Å²) in [5.74, 6) is 0.648. The Morgan fingerprint density at radius 2 is 1.93 bits per heavy atom. The number of ether oxygens (including phenoxy) is 1. The molecule has 0 fully saturated rings. The zero-order valence-corrected chi connectivity index (χ0v) is 16.5. The number of anilines is 1. The molecule has 2 aromatic rings. The SMILES string of the molecule is COc1ccc(CCNC(=O)c2ccc3c(c2)C[C@H](C)N3S(C)(=O)=O)cc1. The van der Waals surface area contributed by atoms with E-state index in [4.69, 9.17) is 4.74 Å². The van der Waals surface area contributed by atoms with E-state index >= 15 is 0 Å². The Hall–Kier alpha value is -2.54. The molecule has 0 aliphatic carbocycles. The van der Waals surface area contributed by atoms with Gasteiger partial charge < -0.3 is 10.1 Å². The van der Waals surface area contributed by atoms with Gasteiger partial charge in [0.05, 0.1) is 19.1 Å². The summed E-state index contributed by atoms with van der Waals surface area (Å²) in [6.07, 6.45) is 2.54. The third-order valence-corrected chi connectivity index (χ3v) is 5.98. The maximum atomic E-state index is 12.4. The molecular formula is C20H24N2O4S. The third-order valence-electron chi connectivity index (χ3n) is 4.71. The van der Waals surface area contributed by atoms with Crippen LogP contribution in [0.25, 0.3) is 0 Å². The van der Waals surface area contributed by atoms with Crippen LogP contribution in [0.3, 0.4) is 0 Å². The molecule has 0 bridgehead atoms. The minimum atomic E-state index is -3.32. The third kappa shape index (κ3) is 4.24. The standard InChI is InChI=1S/C20H24N2O4S/c1-14-12-17-13-16(6-9-19(17)22(14)27(3,24)25)20(23)21-11-10-15-4-7-18(26-2)8-5-15/h4-9,13-14H,10-12H2,1-3H3,(H,21,23)/t14-/m0/s1. The van der Waals surface area contributed by atoms with E-state index in [0.29, 0.717) is 24.2 Å². The highest BCUT2D eigenvalue weighted by molar-refractivity contribution is 7.92. The van der Waals surface area contributed by atoms with Gasteiger partial charge >= 0.3 is 0 Å². The first-order chi connectivity index (χ1) is 12.8. The fourth-order valence-electron chi connectivity index (χ4n) is 3.46. The Kier molecular flexibility index (Phi) is 5.41. The quantitative estimate of drug-likeness (QED) is 0.824. The minimum Gasteiger partial charge on any atom is -0.497 e. The van der Waals surface area contributed by atoms with E-state index in [9.17, 15) is 13.2 Å². The van der Waals surface area contributed by atoms with Crippen LogP contribution < -0.4 is 14.4 Å². The van der Waals surface area contributed by atoms with Crippen molar-refractivity contribution in [3.05, 3.63) is 59.2 Å². The van der Waals surface area contributed by atoms with Gasteiger partial charge in [-0.15, -0.1) is 0 Å². The maximum absolute atomic E-state index is 12.4. The number of hydrogen-bond donors (Lipinski definition) is 1. The second-order valence-electron chi connectivity index (χ2n) is 6.81. The van der Waals surface area contributed by atoms with E-state index in [0.717, 1.165) is 23.3 Å². The summed E-state index contributed by atoms with van der Waals surface area (Å²) in [4.78, 5) is 12.4. The molecule has 0 saturated carbocycles. The molecule has 2 aromatic carbocycles. The van der Waals surface area contributed by atoms with E-state index in [-0.39, 0.29) is 11.9 Å². The number of carbonyl (C=O) groups is 1. The second kappa shape index (κ2) is 7.60. The first-order valence-electron chi connectivity index (χ1n) is 8.83. The number of nitrogens with one attached hydrogen (secondary N) is 1. The summed E-state index contributed by atoms with van der Waals surface area (Å²) in [6, 6.07) is 12.8. The van der Waals surface area contributed by atoms with Gasteiger partial charge in [0, 0.05) is 18.2 Å². The highest BCUT2D eigenvalue weighted by Crippen LogP contribution is 2.34. The Bertz CT molecular complexity index is 939. The predicted octanol–water partition coefficient (Wildman–Crippen LogP) is 2.38. The van der Waals surface area contributed by atoms with Crippen LogP contribution >= 0.6 is 0 Å². The van der Waals surface area contributed by atoms with Gasteiger partial charge in [0.2, 0.25) is 10.0 Å². The monoisotopic (exact) mass is 388 g/mol. The van der Waals surface area contributed by atoms with Crippen molar-refractivity contribution in [2.24, 2.45) is 0 Å². The normalized spacial score (nSPS) is 16.1. The number of benzene rings is 2. The van der Waals surface area contributed by atoms with Gasteiger partial charge in [-0.1, -0.05) is 12.1 Å². The van der Waals surface area contributed by atoms with Crippen LogP contribution in [0.5, 0.6) is 5.75 Å². The van der Waals surface area contributed by atoms with Gasteiger partial charge in [0.25, 0.3) is 5.91 Å². The van der Waals surface area contributed by atoms with Crippen LogP contribution in [-0.4, -0.2) is 40.3 Å². The zero-order chi connectivity index (χ0) is 19.6. The van der Waals surface area contributed by atoms with E-state index < -0.39 is 10.0 Å². The van der Waals surface area contributed by atoms with E-state index in [1.165, 1.54) is 10.6 Å². The Morgan fingerprint density at radius 1 is 1.22 bits per heavy atom. The summed E-state index contributed by atoms with van der Waals surface area (Å²) in [5.41, 5.74) is 3.21. The fraction of sp³-hybridized carbons (Fsp3) is 0.350. The number of amides is 1. The van der Waals surface area contributed by atoms with Gasteiger partial charge in [-0.3, -0.25) is 9.10 Å². The number of methoxy groups -OCH3 is 1. The van der Waals surface area contributed by atoms with Crippen molar-refractivity contribution in [3.63, 3.8) is 0 Å². The van der Waals surface area contributed by atoms with Crippen LogP contribution in [0.15, 0.2) is 42.5 Å². The van der Waals surface area contributed by atoms with Crippen molar-refractivity contribution in [1.29, 1.82) is 0 Å². The molecule has 0 aromatic heterocycles. The molecule has 0 spiro atoms. The molecule has 0 radical (unpaired) electrons.